The van der Waals surface area contributed by atoms with Gasteiger partial charge in [0.05, 0.1) is 0 Å². The maximum Gasteiger partial charge on any atom is 0.171 e. The molecule has 0 aliphatic heterocycles. The lowest BCUT2D eigenvalue weighted by Gasteiger charge is -2.33. The average molecular weight is 436 g/mol. The molecule has 0 aliphatic carbocycles. The van der Waals surface area contributed by atoms with Gasteiger partial charge in [0, 0.05) is 20.4 Å². The molecule has 0 fully saturated rings. The van der Waals surface area contributed by atoms with E-state index in [2.05, 4.69) is 124 Å². The fraction of sp³-hybridized carbons (Fsp3) is 0.280. The van der Waals surface area contributed by atoms with Crippen molar-refractivity contribution in [2.75, 3.05) is 0 Å². The summed E-state index contributed by atoms with van der Waals surface area (Å²) in [6.45, 7) is 14.5. The predicted molar refractivity (Wildman–Crippen MR) is 138 cm³/mol. The Bertz CT molecular complexity index is 957. The Balaban J connectivity index is 2.47. The highest BCUT2D eigenvalue weighted by molar-refractivity contribution is 7.88. The van der Waals surface area contributed by atoms with Gasteiger partial charge in [0.25, 0.3) is 0 Å². The highest BCUT2D eigenvalue weighted by Gasteiger charge is 2.32. The zero-order chi connectivity index (χ0) is 21.1. The van der Waals surface area contributed by atoms with Gasteiger partial charge in [-0.15, -0.1) is 0 Å². The van der Waals surface area contributed by atoms with Crippen LogP contribution in [0.3, 0.4) is 0 Å². The minimum atomic E-state index is -2.09. The van der Waals surface area contributed by atoms with Gasteiger partial charge in [-0.25, -0.2) is 0 Å². The molecular weight excluding hydrogens is 401 g/mol. The van der Waals surface area contributed by atoms with Crippen molar-refractivity contribution in [3.05, 3.63) is 90.5 Å². The van der Waals surface area contributed by atoms with Crippen LogP contribution in [0.5, 0.6) is 0 Å². The summed E-state index contributed by atoms with van der Waals surface area (Å²) in [6.07, 6.45) is 0. The summed E-state index contributed by atoms with van der Waals surface area (Å²) in [5.41, 5.74) is 1.50. The minimum absolute atomic E-state index is 1.19. The number of benzene rings is 3. The van der Waals surface area contributed by atoms with Crippen molar-refractivity contribution in [3.8, 4) is 0 Å². The monoisotopic (exact) mass is 435 g/mol. The molecular formula is C25H34NPSi2. The molecule has 0 bridgehead atoms. The van der Waals surface area contributed by atoms with E-state index in [1.807, 2.05) is 0 Å². The molecule has 0 aromatic heterocycles. The topological polar surface area (TPSA) is 12.4 Å². The molecule has 0 aliphatic rings. The number of rotatable bonds is 6. The summed E-state index contributed by atoms with van der Waals surface area (Å²) in [4.78, 5) is 0. The Hall–Kier alpha value is -1.68. The molecule has 0 amide bonds. The maximum absolute atomic E-state index is 5.81. The van der Waals surface area contributed by atoms with Crippen LogP contribution >= 0.6 is 7.05 Å². The average Bonchev–Trinajstić information content (AvgIpc) is 2.66. The second-order valence-corrected chi connectivity index (χ2v) is 23.3. The molecule has 4 heteroatoms. The van der Waals surface area contributed by atoms with Crippen LogP contribution in [0.1, 0.15) is 5.56 Å². The summed E-state index contributed by atoms with van der Waals surface area (Å²) >= 11 is 0. The maximum atomic E-state index is 5.81. The first kappa shape index (κ1) is 22.0. The van der Waals surface area contributed by atoms with Gasteiger partial charge in [0.15, 0.2) is 8.24 Å². The van der Waals surface area contributed by atoms with Crippen molar-refractivity contribution in [3.63, 3.8) is 0 Å². The Morgan fingerprint density at radius 2 is 1.07 bits per heavy atom. The van der Waals surface area contributed by atoms with Crippen LogP contribution in [-0.2, 0) is 6.04 Å². The fourth-order valence-corrected chi connectivity index (χ4v) is 13.4. The lowest BCUT2D eigenvalue weighted by Crippen LogP contribution is -2.34. The van der Waals surface area contributed by atoms with Crippen LogP contribution in [-0.4, -0.2) is 16.3 Å². The molecule has 0 unspecified atom stereocenters. The molecule has 0 radical (unpaired) electrons. The molecule has 1 nitrogen and oxygen atoms in total. The van der Waals surface area contributed by atoms with E-state index in [1.165, 1.54) is 27.5 Å². The van der Waals surface area contributed by atoms with Crippen LogP contribution in [0.2, 0.25) is 39.3 Å². The van der Waals surface area contributed by atoms with Crippen molar-refractivity contribution in [1.29, 1.82) is 0 Å². The van der Waals surface area contributed by atoms with Crippen molar-refractivity contribution < 1.29 is 0 Å². The summed E-state index contributed by atoms with van der Waals surface area (Å²) in [7, 11) is -5.11. The summed E-state index contributed by atoms with van der Waals surface area (Å²) < 4.78 is 5.81. The quantitative estimate of drug-likeness (QED) is 0.313. The van der Waals surface area contributed by atoms with Crippen LogP contribution in [0.4, 0.5) is 0 Å². The molecule has 0 spiro atoms. The summed E-state index contributed by atoms with van der Waals surface area (Å²) in [6, 6.07) is 32.5. The second-order valence-electron chi connectivity index (χ2n) is 9.94. The Morgan fingerprint density at radius 1 is 0.621 bits per heavy atom. The molecule has 29 heavy (non-hydrogen) atoms. The van der Waals surface area contributed by atoms with Gasteiger partial charge in [-0.2, -0.15) is 0 Å². The van der Waals surface area contributed by atoms with E-state index in [1.54, 1.807) is 0 Å². The third kappa shape index (κ3) is 5.28. The molecule has 3 aromatic carbocycles. The van der Waals surface area contributed by atoms with Gasteiger partial charge in [-0.05, 0) is 22.2 Å². The molecule has 3 rings (SSSR count). The summed E-state index contributed by atoms with van der Waals surface area (Å²) in [5, 5.41) is 4.20. The highest BCUT2D eigenvalue weighted by Crippen LogP contribution is 2.49. The van der Waals surface area contributed by atoms with Gasteiger partial charge < -0.3 is 4.41 Å². The van der Waals surface area contributed by atoms with Crippen LogP contribution < -0.4 is 15.9 Å². The Kier molecular flexibility index (Phi) is 6.52. The van der Waals surface area contributed by atoms with E-state index in [9.17, 15) is 0 Å². The van der Waals surface area contributed by atoms with Crippen molar-refractivity contribution in [1.82, 2.24) is 0 Å². The first-order valence-corrected chi connectivity index (χ1v) is 19.3. The zero-order valence-corrected chi connectivity index (χ0v) is 21.6. The third-order valence-electron chi connectivity index (χ3n) is 4.77. The van der Waals surface area contributed by atoms with Crippen molar-refractivity contribution in [2.45, 2.75) is 45.3 Å². The van der Waals surface area contributed by atoms with E-state index in [0.29, 0.717) is 0 Å². The largest absolute Gasteiger partial charge is 0.325 e. The SMILES string of the molecule is C[Si](C)(C)Cc1ccccc1P(=N[Si](C)(C)C)(c1ccccc1)c1ccccc1. The number of hydrogen-bond acceptors (Lipinski definition) is 1. The fourth-order valence-electron chi connectivity index (χ4n) is 3.88. The highest BCUT2D eigenvalue weighted by atomic mass is 31.2. The first-order chi connectivity index (χ1) is 13.6. The smallest absolute Gasteiger partial charge is 0.171 e. The standard InChI is InChI=1S/C25H34NPSi2/c1-28(2,3)21-22-15-13-14-20-25(22)27(26-29(4,5)6,23-16-9-7-10-17-23)24-18-11-8-12-19-24/h7-20H,21H2,1-6H3. The van der Waals surface area contributed by atoms with Crippen LogP contribution in [0, 0.1) is 0 Å². The third-order valence-corrected chi connectivity index (χ3v) is 13.0. The minimum Gasteiger partial charge on any atom is -0.325 e. The second kappa shape index (κ2) is 8.59. The molecule has 0 atom stereocenters. The van der Waals surface area contributed by atoms with Crippen LogP contribution in [0.15, 0.2) is 89.3 Å². The molecule has 0 heterocycles. The normalized spacial score (nSPS) is 12.6. The number of nitrogens with zero attached hydrogens (tertiary/aromatic N) is 1. The lowest BCUT2D eigenvalue weighted by molar-refractivity contribution is 1.33. The van der Waals surface area contributed by atoms with Gasteiger partial charge in [0.1, 0.15) is 0 Å². The lowest BCUT2D eigenvalue weighted by atomic mass is 10.2. The molecule has 152 valence electrons. The van der Waals surface area contributed by atoms with Crippen LogP contribution in [0.25, 0.3) is 0 Å². The van der Waals surface area contributed by atoms with E-state index in [0.717, 1.165) is 0 Å². The van der Waals surface area contributed by atoms with Crippen molar-refractivity contribution >= 4 is 39.3 Å². The molecule has 3 aromatic rings. The van der Waals surface area contributed by atoms with Gasteiger partial charge >= 0.3 is 0 Å². The zero-order valence-electron chi connectivity index (χ0n) is 18.7. The van der Waals surface area contributed by atoms with Gasteiger partial charge in [-0.1, -0.05) is 124 Å². The van der Waals surface area contributed by atoms with E-state index in [4.69, 9.17) is 4.41 Å². The van der Waals surface area contributed by atoms with Crippen molar-refractivity contribution in [2.24, 2.45) is 4.41 Å². The Morgan fingerprint density at radius 3 is 1.52 bits per heavy atom. The predicted octanol–water partition coefficient (Wildman–Crippen LogP) is 6.42. The van der Waals surface area contributed by atoms with Gasteiger partial charge in [-0.3, -0.25) is 0 Å². The molecule has 0 saturated heterocycles. The Labute approximate surface area is 179 Å². The van der Waals surface area contributed by atoms with E-state index in [-0.39, 0.29) is 0 Å². The van der Waals surface area contributed by atoms with Gasteiger partial charge in [0.2, 0.25) is 0 Å². The summed E-state index contributed by atoms with van der Waals surface area (Å²) in [5.74, 6) is 0. The first-order valence-electron chi connectivity index (χ1n) is 10.5. The molecule has 0 saturated carbocycles. The van der Waals surface area contributed by atoms with E-state index < -0.39 is 23.4 Å². The number of hydrogen-bond donors (Lipinski definition) is 0. The van der Waals surface area contributed by atoms with E-state index >= 15 is 0 Å². The molecule has 0 N–H and O–H groups in total.